The van der Waals surface area contributed by atoms with Gasteiger partial charge in [-0.2, -0.15) is 5.10 Å². The Morgan fingerprint density at radius 3 is 2.48 bits per heavy atom. The van der Waals surface area contributed by atoms with Crippen molar-refractivity contribution in [1.29, 1.82) is 0 Å². The van der Waals surface area contributed by atoms with Crippen LogP contribution in [0.2, 0.25) is 0 Å². The maximum atomic E-state index is 9.07. The first-order chi connectivity index (χ1) is 10.2. The van der Waals surface area contributed by atoms with Crippen molar-refractivity contribution in [3.8, 4) is 0 Å². The van der Waals surface area contributed by atoms with Gasteiger partial charge in [0.1, 0.15) is 5.03 Å². The third-order valence-electron chi connectivity index (χ3n) is 3.14. The van der Waals surface area contributed by atoms with Crippen molar-refractivity contribution in [2.24, 2.45) is 10.9 Å². The van der Waals surface area contributed by atoms with Crippen molar-refractivity contribution >= 4 is 17.6 Å². The maximum Gasteiger partial charge on any atom is 0.173 e. The molecule has 0 spiro atoms. The van der Waals surface area contributed by atoms with E-state index < -0.39 is 0 Å². The van der Waals surface area contributed by atoms with Crippen LogP contribution in [0.15, 0.2) is 45.4 Å². The molecule has 110 valence electrons. The zero-order valence-corrected chi connectivity index (χ0v) is 12.9. The SMILES string of the molecule is CCc1nnc(Sc2ccccc2)c(/C(N)=N/O)c1CC. The molecule has 0 radical (unpaired) electrons. The van der Waals surface area contributed by atoms with Gasteiger partial charge < -0.3 is 10.9 Å². The first-order valence-corrected chi connectivity index (χ1v) is 7.62. The smallest absolute Gasteiger partial charge is 0.173 e. The molecule has 5 nitrogen and oxygen atoms in total. The molecule has 3 N–H and O–H groups in total. The van der Waals surface area contributed by atoms with E-state index in [1.165, 1.54) is 11.8 Å². The van der Waals surface area contributed by atoms with Crippen molar-refractivity contribution < 1.29 is 5.21 Å². The third kappa shape index (κ3) is 3.33. The van der Waals surface area contributed by atoms with Crippen molar-refractivity contribution in [2.75, 3.05) is 0 Å². The molecule has 0 atom stereocenters. The van der Waals surface area contributed by atoms with Crippen LogP contribution in [0.5, 0.6) is 0 Å². The van der Waals surface area contributed by atoms with Gasteiger partial charge in [0.05, 0.1) is 11.3 Å². The van der Waals surface area contributed by atoms with Gasteiger partial charge in [0.2, 0.25) is 0 Å². The summed E-state index contributed by atoms with van der Waals surface area (Å²) in [5, 5.41) is 21.4. The zero-order valence-electron chi connectivity index (χ0n) is 12.1. The average molecular weight is 302 g/mol. The lowest BCUT2D eigenvalue weighted by atomic mass is 10.0. The summed E-state index contributed by atoms with van der Waals surface area (Å²) in [4.78, 5) is 1.03. The summed E-state index contributed by atoms with van der Waals surface area (Å²) in [7, 11) is 0. The Balaban J connectivity index is 2.55. The number of benzene rings is 1. The molecule has 0 aliphatic heterocycles. The van der Waals surface area contributed by atoms with Gasteiger partial charge in [-0.05, 0) is 30.5 Å². The highest BCUT2D eigenvalue weighted by Gasteiger charge is 2.18. The first kappa shape index (κ1) is 15.3. The van der Waals surface area contributed by atoms with Crippen LogP contribution in [0.1, 0.15) is 30.7 Å². The van der Waals surface area contributed by atoms with Gasteiger partial charge in [-0.3, -0.25) is 0 Å². The molecule has 2 aromatic rings. The Morgan fingerprint density at radius 1 is 1.19 bits per heavy atom. The number of hydrogen-bond acceptors (Lipinski definition) is 5. The van der Waals surface area contributed by atoms with Crippen LogP contribution in [0.25, 0.3) is 0 Å². The summed E-state index contributed by atoms with van der Waals surface area (Å²) in [5.41, 5.74) is 8.42. The minimum absolute atomic E-state index is 0.0786. The summed E-state index contributed by atoms with van der Waals surface area (Å²) in [6.07, 6.45) is 1.52. The maximum absolute atomic E-state index is 9.07. The molecular formula is C15H18N4OS. The van der Waals surface area contributed by atoms with Crippen LogP contribution >= 0.6 is 11.8 Å². The zero-order chi connectivity index (χ0) is 15.2. The highest BCUT2D eigenvalue weighted by molar-refractivity contribution is 7.99. The average Bonchev–Trinajstić information content (AvgIpc) is 2.54. The fourth-order valence-corrected chi connectivity index (χ4v) is 3.07. The molecule has 21 heavy (non-hydrogen) atoms. The van der Waals surface area contributed by atoms with Gasteiger partial charge in [-0.25, -0.2) is 0 Å². The predicted molar refractivity (Wildman–Crippen MR) is 83.9 cm³/mol. The largest absolute Gasteiger partial charge is 0.409 e. The summed E-state index contributed by atoms with van der Waals surface area (Å²) >= 11 is 1.46. The van der Waals surface area contributed by atoms with E-state index in [1.54, 1.807) is 0 Å². The van der Waals surface area contributed by atoms with E-state index in [4.69, 9.17) is 10.9 Å². The van der Waals surface area contributed by atoms with Crippen LogP contribution in [0.3, 0.4) is 0 Å². The lowest BCUT2D eigenvalue weighted by molar-refractivity contribution is 0.318. The normalized spacial score (nSPS) is 11.6. The number of aromatic nitrogens is 2. The lowest BCUT2D eigenvalue weighted by Crippen LogP contribution is -2.20. The summed E-state index contributed by atoms with van der Waals surface area (Å²) < 4.78 is 0. The Bertz CT molecular complexity index is 644. The third-order valence-corrected chi connectivity index (χ3v) is 4.12. The Morgan fingerprint density at radius 2 is 1.90 bits per heavy atom. The number of nitrogens with zero attached hydrogens (tertiary/aromatic N) is 3. The van der Waals surface area contributed by atoms with E-state index in [1.807, 2.05) is 44.2 Å². The standard InChI is InChI=1S/C15H18N4OS/c1-3-11-12(4-2)17-18-15(13(11)14(16)19-20)21-10-8-6-5-7-9-10/h5-9,20H,3-4H2,1-2H3,(H2,16,19). The van der Waals surface area contributed by atoms with Gasteiger partial charge >= 0.3 is 0 Å². The van der Waals surface area contributed by atoms with E-state index in [-0.39, 0.29) is 5.84 Å². The summed E-state index contributed by atoms with van der Waals surface area (Å²) in [6.45, 7) is 4.05. The summed E-state index contributed by atoms with van der Waals surface area (Å²) in [5.74, 6) is 0.0786. The first-order valence-electron chi connectivity index (χ1n) is 6.80. The minimum Gasteiger partial charge on any atom is -0.409 e. The van der Waals surface area contributed by atoms with Gasteiger partial charge in [0.15, 0.2) is 5.84 Å². The number of aryl methyl sites for hydroxylation is 1. The van der Waals surface area contributed by atoms with Crippen molar-refractivity contribution in [1.82, 2.24) is 10.2 Å². The highest BCUT2D eigenvalue weighted by Crippen LogP contribution is 2.30. The second-order valence-corrected chi connectivity index (χ2v) is 5.48. The molecule has 1 aromatic heterocycles. The van der Waals surface area contributed by atoms with Crippen molar-refractivity contribution in [3.63, 3.8) is 0 Å². The van der Waals surface area contributed by atoms with Crippen molar-refractivity contribution in [2.45, 2.75) is 36.6 Å². The number of nitrogens with two attached hydrogens (primary N) is 1. The molecule has 1 aromatic carbocycles. The van der Waals surface area contributed by atoms with Gasteiger partial charge in [-0.15, -0.1) is 5.10 Å². The fourth-order valence-electron chi connectivity index (χ4n) is 2.14. The van der Waals surface area contributed by atoms with Gasteiger partial charge in [0.25, 0.3) is 0 Å². The molecule has 0 aliphatic rings. The van der Waals surface area contributed by atoms with Crippen LogP contribution < -0.4 is 5.73 Å². The molecule has 0 unspecified atom stereocenters. The Labute approximate surface area is 128 Å². The highest BCUT2D eigenvalue weighted by atomic mass is 32.2. The molecule has 0 fully saturated rings. The fraction of sp³-hybridized carbons (Fsp3) is 0.267. The van der Waals surface area contributed by atoms with Crippen LogP contribution in [-0.4, -0.2) is 21.2 Å². The van der Waals surface area contributed by atoms with Crippen molar-refractivity contribution in [3.05, 3.63) is 47.2 Å². The second-order valence-electron chi connectivity index (χ2n) is 4.41. The topological polar surface area (TPSA) is 84.4 Å². The van der Waals surface area contributed by atoms with E-state index in [9.17, 15) is 0 Å². The molecule has 0 bridgehead atoms. The number of rotatable bonds is 5. The Hall–Kier alpha value is -2.08. The number of oxime groups is 1. The van der Waals surface area contributed by atoms with E-state index in [0.29, 0.717) is 10.6 Å². The molecular weight excluding hydrogens is 284 g/mol. The number of amidine groups is 1. The van der Waals surface area contributed by atoms with E-state index in [0.717, 1.165) is 29.0 Å². The minimum atomic E-state index is 0.0786. The van der Waals surface area contributed by atoms with Gasteiger partial charge in [-0.1, -0.05) is 49.0 Å². The molecule has 0 aliphatic carbocycles. The lowest BCUT2D eigenvalue weighted by Gasteiger charge is -2.13. The van der Waals surface area contributed by atoms with Crippen LogP contribution in [-0.2, 0) is 12.8 Å². The molecule has 0 saturated carbocycles. The molecule has 2 rings (SSSR count). The van der Waals surface area contributed by atoms with Gasteiger partial charge in [0, 0.05) is 4.90 Å². The second kappa shape index (κ2) is 7.08. The van der Waals surface area contributed by atoms with E-state index in [2.05, 4.69) is 15.4 Å². The molecule has 0 saturated heterocycles. The van der Waals surface area contributed by atoms with Crippen LogP contribution in [0, 0.1) is 0 Å². The molecule has 1 heterocycles. The Kier molecular flexibility index (Phi) is 5.16. The molecule has 0 amide bonds. The number of hydrogen-bond donors (Lipinski definition) is 2. The molecule has 6 heteroatoms. The summed E-state index contributed by atoms with van der Waals surface area (Å²) in [6, 6.07) is 9.85. The quantitative estimate of drug-likeness (QED) is 0.384. The monoisotopic (exact) mass is 302 g/mol. The van der Waals surface area contributed by atoms with E-state index >= 15 is 0 Å². The predicted octanol–water partition coefficient (Wildman–Crippen LogP) is 2.85. The van der Waals surface area contributed by atoms with Crippen LogP contribution in [0.4, 0.5) is 0 Å².